The third-order valence-electron chi connectivity index (χ3n) is 4.17. The second-order valence-electron chi connectivity index (χ2n) is 6.18. The number of hydrogen-bond acceptors (Lipinski definition) is 4. The normalized spacial score (nSPS) is 10.8. The van der Waals surface area contributed by atoms with Crippen LogP contribution in [-0.4, -0.2) is 26.9 Å². The summed E-state index contributed by atoms with van der Waals surface area (Å²) in [4.78, 5) is 12.2. The van der Waals surface area contributed by atoms with Crippen LogP contribution in [0.25, 0.3) is 5.69 Å². The summed E-state index contributed by atoms with van der Waals surface area (Å²) in [6, 6.07) is 14.3. The van der Waals surface area contributed by atoms with Gasteiger partial charge in [-0.05, 0) is 49.4 Å². The quantitative estimate of drug-likeness (QED) is 0.631. The van der Waals surface area contributed by atoms with E-state index in [1.54, 1.807) is 12.1 Å². The Morgan fingerprint density at radius 1 is 1.11 bits per heavy atom. The molecule has 3 rings (SSSR count). The number of nitrogens with zero attached hydrogens (tertiary/aromatic N) is 3. The van der Waals surface area contributed by atoms with E-state index in [9.17, 15) is 9.18 Å². The van der Waals surface area contributed by atoms with Gasteiger partial charge in [-0.3, -0.25) is 9.36 Å². The van der Waals surface area contributed by atoms with Crippen molar-refractivity contribution in [3.05, 3.63) is 71.3 Å². The fourth-order valence-corrected chi connectivity index (χ4v) is 3.19. The summed E-state index contributed by atoms with van der Waals surface area (Å²) >= 11 is 1.44. The molecule has 7 heteroatoms. The van der Waals surface area contributed by atoms with E-state index >= 15 is 0 Å². The Morgan fingerprint density at radius 2 is 1.81 bits per heavy atom. The molecule has 0 spiro atoms. The Hall–Kier alpha value is -2.67. The zero-order chi connectivity index (χ0) is 19.2. The Balaban J connectivity index is 1.63. The molecule has 0 aliphatic heterocycles. The van der Waals surface area contributed by atoms with Gasteiger partial charge in [-0.2, -0.15) is 0 Å². The zero-order valence-electron chi connectivity index (χ0n) is 15.3. The van der Waals surface area contributed by atoms with Crippen LogP contribution >= 0.6 is 11.8 Å². The fraction of sp³-hybridized carbons (Fsp3) is 0.250. The van der Waals surface area contributed by atoms with Crippen LogP contribution in [0.3, 0.4) is 0 Å². The lowest BCUT2D eigenvalue weighted by molar-refractivity contribution is -0.121. The van der Waals surface area contributed by atoms with Crippen molar-refractivity contribution in [1.82, 2.24) is 20.1 Å². The minimum atomic E-state index is -0.302. The van der Waals surface area contributed by atoms with Crippen LogP contribution < -0.4 is 5.32 Å². The van der Waals surface area contributed by atoms with Crippen LogP contribution in [0, 0.1) is 12.7 Å². The number of rotatable bonds is 7. The van der Waals surface area contributed by atoms with E-state index in [1.807, 2.05) is 42.0 Å². The molecule has 0 saturated heterocycles. The average molecular weight is 384 g/mol. The minimum Gasteiger partial charge on any atom is -0.349 e. The van der Waals surface area contributed by atoms with Crippen molar-refractivity contribution in [1.29, 1.82) is 0 Å². The maximum atomic E-state index is 13.2. The number of aryl methyl sites for hydroxylation is 2. The summed E-state index contributed by atoms with van der Waals surface area (Å²) in [6.07, 6.45) is 2.99. The number of halogens is 1. The van der Waals surface area contributed by atoms with Gasteiger partial charge >= 0.3 is 0 Å². The standard InChI is InChI=1S/C20H21FN4OS/c1-14-3-5-15(6-4-14)7-12-19(26)22-13-18-23-24-20(27-2)25(18)17-10-8-16(21)9-11-17/h3-6,8-11H,7,12-13H2,1-2H3,(H,22,26). The largest absolute Gasteiger partial charge is 0.349 e. The van der Waals surface area contributed by atoms with Gasteiger partial charge in [0.1, 0.15) is 5.82 Å². The zero-order valence-corrected chi connectivity index (χ0v) is 16.1. The molecule has 5 nitrogen and oxygen atoms in total. The van der Waals surface area contributed by atoms with Crippen LogP contribution in [0.5, 0.6) is 0 Å². The first-order valence-corrected chi connectivity index (χ1v) is 9.86. The van der Waals surface area contributed by atoms with E-state index in [1.165, 1.54) is 29.5 Å². The molecule has 0 atom stereocenters. The molecule has 1 aromatic heterocycles. The molecule has 0 aliphatic rings. The highest BCUT2D eigenvalue weighted by Gasteiger charge is 2.14. The molecule has 140 valence electrons. The third kappa shape index (κ3) is 4.95. The molecule has 0 fully saturated rings. The number of aromatic nitrogens is 3. The molecule has 0 bridgehead atoms. The lowest BCUT2D eigenvalue weighted by Gasteiger charge is -2.10. The molecule has 0 unspecified atom stereocenters. The van der Waals surface area contributed by atoms with Crippen LogP contribution in [-0.2, 0) is 17.8 Å². The fourth-order valence-electron chi connectivity index (χ4n) is 2.68. The highest BCUT2D eigenvalue weighted by molar-refractivity contribution is 7.98. The molecular formula is C20H21FN4OS. The van der Waals surface area contributed by atoms with Gasteiger partial charge in [0.25, 0.3) is 0 Å². The third-order valence-corrected chi connectivity index (χ3v) is 4.80. The van der Waals surface area contributed by atoms with E-state index < -0.39 is 0 Å². The molecular weight excluding hydrogens is 363 g/mol. The van der Waals surface area contributed by atoms with Crippen LogP contribution in [0.15, 0.2) is 53.7 Å². The van der Waals surface area contributed by atoms with Gasteiger partial charge in [0.15, 0.2) is 11.0 Å². The smallest absolute Gasteiger partial charge is 0.220 e. The topological polar surface area (TPSA) is 59.8 Å². The highest BCUT2D eigenvalue weighted by Crippen LogP contribution is 2.20. The second-order valence-corrected chi connectivity index (χ2v) is 6.95. The number of carbonyl (C=O) groups is 1. The Kier molecular flexibility index (Phi) is 6.24. The number of benzene rings is 2. The van der Waals surface area contributed by atoms with Gasteiger partial charge in [0.05, 0.1) is 6.54 Å². The van der Waals surface area contributed by atoms with E-state index in [4.69, 9.17) is 0 Å². The summed E-state index contributed by atoms with van der Waals surface area (Å²) in [5, 5.41) is 11.9. The molecule has 0 aliphatic carbocycles. The number of amides is 1. The van der Waals surface area contributed by atoms with Gasteiger partial charge in [-0.15, -0.1) is 10.2 Å². The lowest BCUT2D eigenvalue weighted by Crippen LogP contribution is -2.24. The first-order chi connectivity index (χ1) is 13.1. The van der Waals surface area contributed by atoms with Gasteiger partial charge in [-0.25, -0.2) is 4.39 Å². The molecule has 27 heavy (non-hydrogen) atoms. The summed E-state index contributed by atoms with van der Waals surface area (Å²) in [5.41, 5.74) is 3.09. The molecule has 2 aromatic carbocycles. The molecule has 1 amide bonds. The van der Waals surface area contributed by atoms with Crippen molar-refractivity contribution >= 4 is 17.7 Å². The van der Waals surface area contributed by atoms with Crippen molar-refractivity contribution in [2.45, 2.75) is 31.5 Å². The summed E-state index contributed by atoms with van der Waals surface area (Å²) < 4.78 is 15.0. The Labute approximate surface area is 162 Å². The predicted octanol–water partition coefficient (Wildman–Crippen LogP) is 3.69. The Morgan fingerprint density at radius 3 is 2.48 bits per heavy atom. The van der Waals surface area contributed by atoms with Gasteiger partial charge < -0.3 is 5.32 Å². The first-order valence-electron chi connectivity index (χ1n) is 8.63. The number of nitrogens with one attached hydrogen (secondary N) is 1. The van der Waals surface area contributed by atoms with Crippen LogP contribution in [0.4, 0.5) is 4.39 Å². The van der Waals surface area contributed by atoms with Crippen LogP contribution in [0.1, 0.15) is 23.4 Å². The minimum absolute atomic E-state index is 0.0464. The monoisotopic (exact) mass is 384 g/mol. The second kappa shape index (κ2) is 8.81. The van der Waals surface area contributed by atoms with Crippen molar-refractivity contribution in [2.24, 2.45) is 0 Å². The van der Waals surface area contributed by atoms with Crippen molar-refractivity contribution in [3.63, 3.8) is 0 Å². The van der Waals surface area contributed by atoms with E-state index in [2.05, 4.69) is 15.5 Å². The Bertz CT molecular complexity index is 907. The number of hydrogen-bond donors (Lipinski definition) is 1. The molecule has 0 saturated carbocycles. The van der Waals surface area contributed by atoms with E-state index in [0.717, 1.165) is 11.3 Å². The van der Waals surface area contributed by atoms with Crippen molar-refractivity contribution < 1.29 is 9.18 Å². The van der Waals surface area contributed by atoms with Gasteiger partial charge in [0, 0.05) is 12.1 Å². The summed E-state index contributed by atoms with van der Waals surface area (Å²) in [6.45, 7) is 2.30. The van der Waals surface area contributed by atoms with Crippen molar-refractivity contribution in [3.8, 4) is 5.69 Å². The van der Waals surface area contributed by atoms with Crippen molar-refractivity contribution in [2.75, 3.05) is 6.26 Å². The molecule has 0 radical (unpaired) electrons. The summed E-state index contributed by atoms with van der Waals surface area (Å²) in [5.74, 6) is 0.257. The highest BCUT2D eigenvalue weighted by atomic mass is 32.2. The lowest BCUT2D eigenvalue weighted by atomic mass is 10.1. The van der Waals surface area contributed by atoms with Crippen LogP contribution in [0.2, 0.25) is 0 Å². The SMILES string of the molecule is CSc1nnc(CNC(=O)CCc2ccc(C)cc2)n1-c1ccc(F)cc1. The predicted molar refractivity (Wildman–Crippen MR) is 104 cm³/mol. The molecule has 3 aromatic rings. The number of thioether (sulfide) groups is 1. The first kappa shape index (κ1) is 19.1. The van der Waals surface area contributed by atoms with Gasteiger partial charge in [0.2, 0.25) is 5.91 Å². The number of carbonyl (C=O) groups excluding carboxylic acids is 1. The molecule has 1 N–H and O–H groups in total. The summed E-state index contributed by atoms with van der Waals surface area (Å²) in [7, 11) is 0. The average Bonchev–Trinajstić information content (AvgIpc) is 3.09. The molecule has 1 heterocycles. The van der Waals surface area contributed by atoms with E-state index in [-0.39, 0.29) is 18.3 Å². The van der Waals surface area contributed by atoms with Gasteiger partial charge in [-0.1, -0.05) is 41.6 Å². The maximum Gasteiger partial charge on any atom is 0.220 e. The maximum absolute atomic E-state index is 13.2. The van der Waals surface area contributed by atoms with E-state index in [0.29, 0.717) is 23.8 Å².